The zero-order chi connectivity index (χ0) is 17.1. The summed E-state index contributed by atoms with van der Waals surface area (Å²) in [7, 11) is 0. The van der Waals surface area contributed by atoms with Gasteiger partial charge in [0.05, 0.1) is 22.3 Å². The van der Waals surface area contributed by atoms with Crippen molar-refractivity contribution in [2.45, 2.75) is 6.92 Å². The molecule has 1 saturated heterocycles. The lowest BCUT2D eigenvalue weighted by atomic mass is 10.1. The maximum atomic E-state index is 12.6. The average molecular weight is 359 g/mol. The number of halogens is 1. The summed E-state index contributed by atoms with van der Waals surface area (Å²) >= 11 is 7.04. The molecule has 24 heavy (non-hydrogen) atoms. The zero-order valence-electron chi connectivity index (χ0n) is 13.0. The number of hydrogen-bond donors (Lipinski definition) is 1. The summed E-state index contributed by atoms with van der Waals surface area (Å²) in [6.45, 7) is 1.94. The lowest BCUT2D eigenvalue weighted by molar-refractivity contribution is -0.122. The van der Waals surface area contributed by atoms with Gasteiger partial charge in [-0.1, -0.05) is 54.1 Å². The minimum absolute atomic E-state index is 0.0833. The number of imide groups is 1. The van der Waals surface area contributed by atoms with E-state index in [2.05, 4.69) is 5.32 Å². The van der Waals surface area contributed by atoms with E-state index in [0.717, 1.165) is 22.9 Å². The van der Waals surface area contributed by atoms with Crippen molar-refractivity contribution in [3.05, 3.63) is 70.1 Å². The second kappa shape index (κ2) is 7.11. The van der Waals surface area contributed by atoms with Crippen LogP contribution in [0, 0.1) is 0 Å². The summed E-state index contributed by atoms with van der Waals surface area (Å²) in [5.74, 6) is -0.286. The van der Waals surface area contributed by atoms with E-state index in [9.17, 15) is 9.59 Å². The minimum Gasteiger partial charge on any atom is -0.366 e. The Morgan fingerprint density at radius 1 is 1.08 bits per heavy atom. The molecule has 0 bridgehead atoms. The van der Waals surface area contributed by atoms with E-state index >= 15 is 0 Å². The van der Waals surface area contributed by atoms with Crippen LogP contribution >= 0.6 is 23.4 Å². The fraction of sp³-hybridized carbons (Fsp3) is 0.111. The van der Waals surface area contributed by atoms with Gasteiger partial charge in [-0.2, -0.15) is 0 Å². The molecule has 1 aliphatic rings. The van der Waals surface area contributed by atoms with Crippen molar-refractivity contribution in [2.75, 3.05) is 12.0 Å². The largest absolute Gasteiger partial charge is 0.366 e. The van der Waals surface area contributed by atoms with Gasteiger partial charge in [0, 0.05) is 0 Å². The number of para-hydroxylation sites is 1. The van der Waals surface area contributed by atoms with E-state index in [1.54, 1.807) is 12.1 Å². The molecule has 1 N–H and O–H groups in total. The quantitative estimate of drug-likeness (QED) is 0.795. The van der Waals surface area contributed by atoms with Gasteiger partial charge in [-0.25, -0.2) is 0 Å². The second-order valence-corrected chi connectivity index (χ2v) is 6.60. The highest BCUT2D eigenvalue weighted by Crippen LogP contribution is 2.36. The van der Waals surface area contributed by atoms with E-state index in [4.69, 9.17) is 11.6 Å². The maximum absolute atomic E-state index is 12.6. The van der Waals surface area contributed by atoms with Crippen molar-refractivity contribution in [1.29, 1.82) is 0 Å². The number of allylic oxidation sites excluding steroid dienone is 1. The predicted octanol–water partition coefficient (Wildman–Crippen LogP) is 4.84. The highest BCUT2D eigenvalue weighted by molar-refractivity contribution is 8.18. The van der Waals surface area contributed by atoms with Gasteiger partial charge in [0.25, 0.3) is 11.1 Å². The first-order valence-electron chi connectivity index (χ1n) is 7.36. The molecule has 4 nitrogen and oxygen atoms in total. The van der Waals surface area contributed by atoms with Crippen molar-refractivity contribution < 1.29 is 9.59 Å². The highest BCUT2D eigenvalue weighted by atomic mass is 35.5. The minimum atomic E-state index is -0.287. The van der Waals surface area contributed by atoms with E-state index in [1.165, 1.54) is 4.90 Å². The summed E-state index contributed by atoms with van der Waals surface area (Å²) in [5, 5.41) is 3.29. The molecule has 2 aromatic carbocycles. The first kappa shape index (κ1) is 16.6. The van der Waals surface area contributed by atoms with Crippen molar-refractivity contribution >= 4 is 45.8 Å². The van der Waals surface area contributed by atoms with Gasteiger partial charge >= 0.3 is 0 Å². The molecule has 0 radical (unpaired) electrons. The Morgan fingerprint density at radius 3 is 2.46 bits per heavy atom. The first-order chi connectivity index (χ1) is 11.6. The Morgan fingerprint density at radius 2 is 1.75 bits per heavy atom. The molecule has 0 aromatic heterocycles. The summed E-state index contributed by atoms with van der Waals surface area (Å²) in [6.07, 6.45) is 0. The highest BCUT2D eigenvalue weighted by Gasteiger charge is 2.36. The summed E-state index contributed by atoms with van der Waals surface area (Å²) in [4.78, 5) is 26.4. The Kier molecular flexibility index (Phi) is 4.92. The molecule has 6 heteroatoms. The summed E-state index contributed by atoms with van der Waals surface area (Å²) in [6, 6.07) is 16.8. The number of amides is 2. The third-order valence-corrected chi connectivity index (χ3v) is 5.11. The molecule has 0 atom stereocenters. The number of nitrogens with one attached hydrogen (secondary N) is 1. The molecule has 3 rings (SSSR count). The Bertz CT molecular complexity index is 821. The molecule has 1 heterocycles. The third-order valence-electron chi connectivity index (χ3n) is 3.70. The molecule has 0 saturated carbocycles. The van der Waals surface area contributed by atoms with E-state index in [1.807, 2.05) is 49.4 Å². The third kappa shape index (κ3) is 3.32. The van der Waals surface area contributed by atoms with Gasteiger partial charge in [0.1, 0.15) is 0 Å². The van der Waals surface area contributed by atoms with Crippen LogP contribution in [0.5, 0.6) is 0 Å². The molecular formula is C18H15ClN2O2S. The number of hydrogen-bond acceptors (Lipinski definition) is 4. The normalized spacial score (nSPS) is 16.5. The smallest absolute Gasteiger partial charge is 0.295 e. The second-order valence-electron chi connectivity index (χ2n) is 5.24. The number of thioether (sulfide) groups is 1. The SMILES string of the molecule is CC(=C1SC(=O)N(CNc2ccccc2Cl)C1=O)c1ccccc1. The van der Waals surface area contributed by atoms with E-state index in [0.29, 0.717) is 15.6 Å². The van der Waals surface area contributed by atoms with Gasteiger partial charge < -0.3 is 5.32 Å². The van der Waals surface area contributed by atoms with E-state index < -0.39 is 0 Å². The van der Waals surface area contributed by atoms with Crippen LogP contribution in [-0.2, 0) is 4.79 Å². The van der Waals surface area contributed by atoms with Gasteiger partial charge in [0.2, 0.25) is 0 Å². The van der Waals surface area contributed by atoms with Crippen LogP contribution in [0.2, 0.25) is 5.02 Å². The van der Waals surface area contributed by atoms with Gasteiger partial charge in [-0.15, -0.1) is 0 Å². The molecule has 0 spiro atoms. The Hall–Kier alpha value is -2.24. The molecule has 1 aliphatic heterocycles. The molecule has 1 fully saturated rings. The van der Waals surface area contributed by atoms with Crippen LogP contribution in [0.4, 0.5) is 10.5 Å². The Balaban J connectivity index is 1.78. The van der Waals surface area contributed by atoms with Crippen molar-refractivity contribution in [1.82, 2.24) is 4.90 Å². The van der Waals surface area contributed by atoms with E-state index in [-0.39, 0.29) is 17.8 Å². The number of benzene rings is 2. The molecule has 2 aromatic rings. The average Bonchev–Trinajstić information content (AvgIpc) is 2.89. The number of carbonyl (C=O) groups excluding carboxylic acids is 2. The van der Waals surface area contributed by atoms with Crippen LogP contribution in [-0.4, -0.2) is 22.7 Å². The fourth-order valence-corrected chi connectivity index (χ4v) is 3.46. The molecule has 0 aliphatic carbocycles. The number of rotatable bonds is 4. The van der Waals surface area contributed by atoms with Gasteiger partial charge in [-0.3, -0.25) is 14.5 Å². The number of carbonyl (C=O) groups is 2. The monoisotopic (exact) mass is 358 g/mol. The molecule has 0 unspecified atom stereocenters. The standard InChI is InChI=1S/C18H15ClN2O2S/c1-12(13-7-3-2-4-8-13)16-17(22)21(18(23)24-16)11-20-15-10-6-5-9-14(15)19/h2-10,20H,11H2,1H3. The first-order valence-corrected chi connectivity index (χ1v) is 8.55. The van der Waals surface area contributed by atoms with Gasteiger partial charge in [0.15, 0.2) is 0 Å². The summed E-state index contributed by atoms with van der Waals surface area (Å²) in [5.41, 5.74) is 2.42. The summed E-state index contributed by atoms with van der Waals surface area (Å²) < 4.78 is 0. The maximum Gasteiger partial charge on any atom is 0.295 e. The van der Waals surface area contributed by atoms with Crippen LogP contribution in [0.1, 0.15) is 12.5 Å². The van der Waals surface area contributed by atoms with Crippen molar-refractivity contribution in [3.63, 3.8) is 0 Å². The van der Waals surface area contributed by atoms with Crippen molar-refractivity contribution in [2.24, 2.45) is 0 Å². The lowest BCUT2D eigenvalue weighted by Gasteiger charge is -2.15. The zero-order valence-corrected chi connectivity index (χ0v) is 14.5. The lowest BCUT2D eigenvalue weighted by Crippen LogP contribution is -2.33. The van der Waals surface area contributed by atoms with Crippen LogP contribution < -0.4 is 5.32 Å². The number of anilines is 1. The van der Waals surface area contributed by atoms with Crippen molar-refractivity contribution in [3.8, 4) is 0 Å². The molecule has 2 amide bonds. The molecular weight excluding hydrogens is 344 g/mol. The Labute approximate surface area is 149 Å². The number of nitrogens with zero attached hydrogens (tertiary/aromatic N) is 1. The van der Waals surface area contributed by atoms with Crippen LogP contribution in [0.3, 0.4) is 0 Å². The fourth-order valence-electron chi connectivity index (χ4n) is 2.35. The van der Waals surface area contributed by atoms with Gasteiger partial charge in [-0.05, 0) is 42.0 Å². The topological polar surface area (TPSA) is 49.4 Å². The van der Waals surface area contributed by atoms with Crippen LogP contribution in [0.15, 0.2) is 59.5 Å². The van der Waals surface area contributed by atoms with Crippen LogP contribution in [0.25, 0.3) is 5.57 Å². The predicted molar refractivity (Wildman–Crippen MR) is 98.8 cm³/mol. The molecule has 122 valence electrons.